The number of unbranched alkanes of at least 4 members (excludes halogenated alkanes) is 1. The molecule has 1 unspecified atom stereocenters. The highest BCUT2D eigenvalue weighted by Crippen LogP contribution is 2.00. The number of hydrogen-bond acceptors (Lipinski definition) is 3. The van der Waals surface area contributed by atoms with Crippen molar-refractivity contribution in [3.05, 3.63) is 0 Å². The minimum Gasteiger partial charge on any atom is -0.480 e. The molecule has 0 radical (unpaired) electrons. The molecule has 0 aliphatic carbocycles. The van der Waals surface area contributed by atoms with Crippen molar-refractivity contribution in [2.45, 2.75) is 25.3 Å². The number of rotatable bonds is 8. The molecule has 0 aromatic rings. The van der Waals surface area contributed by atoms with Gasteiger partial charge in [-0.1, -0.05) is 22.6 Å². The Labute approximate surface area is 103 Å². The molecule has 6 heteroatoms. The fourth-order valence-corrected chi connectivity index (χ4v) is 1.41. The Hall–Kier alpha value is -0.370. The van der Waals surface area contributed by atoms with Crippen molar-refractivity contribution in [1.82, 2.24) is 10.6 Å². The number of carboxylic acid groups (broad SMARTS) is 1. The third-order valence-electron chi connectivity index (χ3n) is 2.01. The van der Waals surface area contributed by atoms with Crippen LogP contribution >= 0.6 is 22.6 Å². The highest BCUT2D eigenvalue weighted by Gasteiger charge is 2.13. The second-order valence-electron chi connectivity index (χ2n) is 3.16. The molecular formula is C9H17IN2O3. The van der Waals surface area contributed by atoms with Gasteiger partial charge in [-0.05, 0) is 26.3 Å². The molecule has 0 aliphatic rings. The van der Waals surface area contributed by atoms with E-state index in [0.717, 1.165) is 12.8 Å². The molecule has 1 amide bonds. The topological polar surface area (TPSA) is 78.4 Å². The first-order chi connectivity index (χ1) is 7.11. The second kappa shape index (κ2) is 8.90. The Kier molecular flexibility index (Phi) is 8.68. The molecule has 0 saturated heterocycles. The first kappa shape index (κ1) is 14.6. The molecule has 0 rings (SSSR count). The Morgan fingerprint density at radius 1 is 1.40 bits per heavy atom. The summed E-state index contributed by atoms with van der Waals surface area (Å²) in [5.41, 5.74) is 0. The monoisotopic (exact) mass is 328 g/mol. The average molecular weight is 328 g/mol. The van der Waals surface area contributed by atoms with Crippen molar-refractivity contribution < 1.29 is 14.7 Å². The van der Waals surface area contributed by atoms with Crippen LogP contribution in [0.25, 0.3) is 0 Å². The fraction of sp³-hybridized carbons (Fsp3) is 0.778. The quantitative estimate of drug-likeness (QED) is 0.342. The van der Waals surface area contributed by atoms with E-state index < -0.39 is 12.0 Å². The molecule has 15 heavy (non-hydrogen) atoms. The highest BCUT2D eigenvalue weighted by atomic mass is 127. The maximum absolute atomic E-state index is 10.8. The highest BCUT2D eigenvalue weighted by molar-refractivity contribution is 14.1. The molecular weight excluding hydrogens is 311 g/mol. The van der Waals surface area contributed by atoms with Crippen LogP contribution in [0, 0.1) is 0 Å². The predicted molar refractivity (Wildman–Crippen MR) is 66.2 cm³/mol. The lowest BCUT2D eigenvalue weighted by Crippen LogP contribution is -2.34. The van der Waals surface area contributed by atoms with Crippen LogP contribution in [0.4, 0.5) is 0 Å². The first-order valence-electron chi connectivity index (χ1n) is 4.84. The maximum Gasteiger partial charge on any atom is 0.320 e. The van der Waals surface area contributed by atoms with Crippen molar-refractivity contribution in [3.8, 4) is 0 Å². The van der Waals surface area contributed by atoms with Gasteiger partial charge in [-0.3, -0.25) is 9.59 Å². The molecule has 0 aliphatic heterocycles. The molecule has 0 spiro atoms. The minimum atomic E-state index is -0.825. The summed E-state index contributed by atoms with van der Waals surface area (Å²) in [7, 11) is 1.64. The van der Waals surface area contributed by atoms with Crippen LogP contribution in [-0.4, -0.2) is 41.0 Å². The number of alkyl halides is 1. The van der Waals surface area contributed by atoms with Crippen molar-refractivity contribution in [1.29, 1.82) is 0 Å². The van der Waals surface area contributed by atoms with Crippen LogP contribution < -0.4 is 10.6 Å². The van der Waals surface area contributed by atoms with Gasteiger partial charge in [-0.15, -0.1) is 0 Å². The van der Waals surface area contributed by atoms with Crippen molar-refractivity contribution in [2.75, 3.05) is 18.0 Å². The van der Waals surface area contributed by atoms with E-state index in [0.29, 0.717) is 17.4 Å². The van der Waals surface area contributed by atoms with E-state index in [4.69, 9.17) is 5.11 Å². The fourth-order valence-electron chi connectivity index (χ4n) is 1.14. The van der Waals surface area contributed by atoms with Gasteiger partial charge in [0.15, 0.2) is 0 Å². The van der Waals surface area contributed by atoms with E-state index in [2.05, 4.69) is 10.6 Å². The molecule has 0 bridgehead atoms. The van der Waals surface area contributed by atoms with E-state index in [1.165, 1.54) is 0 Å². The number of nitrogens with one attached hydrogen (secondary N) is 2. The summed E-state index contributed by atoms with van der Waals surface area (Å²) < 4.78 is 0.464. The predicted octanol–water partition coefficient (Wildman–Crippen LogP) is 0.380. The van der Waals surface area contributed by atoms with Gasteiger partial charge in [-0.25, -0.2) is 0 Å². The minimum absolute atomic E-state index is 0.0269. The molecule has 0 fully saturated rings. The zero-order valence-corrected chi connectivity index (χ0v) is 10.9. The van der Waals surface area contributed by atoms with Crippen molar-refractivity contribution >= 4 is 34.5 Å². The Morgan fingerprint density at radius 3 is 2.53 bits per heavy atom. The summed E-state index contributed by atoms with van der Waals surface area (Å²) in [6.45, 7) is 0.623. The van der Waals surface area contributed by atoms with Gasteiger partial charge >= 0.3 is 5.97 Å². The normalized spacial score (nSPS) is 12.1. The van der Waals surface area contributed by atoms with Gasteiger partial charge in [-0.2, -0.15) is 0 Å². The molecule has 0 heterocycles. The van der Waals surface area contributed by atoms with Crippen molar-refractivity contribution in [2.24, 2.45) is 0 Å². The zero-order valence-electron chi connectivity index (χ0n) is 8.75. The zero-order chi connectivity index (χ0) is 11.7. The first-order valence-corrected chi connectivity index (χ1v) is 6.37. The van der Waals surface area contributed by atoms with Crippen LogP contribution in [0.2, 0.25) is 0 Å². The summed E-state index contributed by atoms with van der Waals surface area (Å²) in [4.78, 5) is 21.5. The van der Waals surface area contributed by atoms with Gasteiger partial charge in [0.05, 0.1) is 4.43 Å². The lowest BCUT2D eigenvalue weighted by molar-refractivity contribution is -0.139. The van der Waals surface area contributed by atoms with Gasteiger partial charge < -0.3 is 15.7 Å². The Bertz CT molecular complexity index is 212. The van der Waals surface area contributed by atoms with E-state index in [9.17, 15) is 9.59 Å². The number of carbonyl (C=O) groups is 2. The SMILES string of the molecule is CNC(CCCCNC(=O)CI)C(=O)O. The Balaban J connectivity index is 3.45. The molecule has 1 atom stereocenters. The third-order valence-corrected chi connectivity index (χ3v) is 2.70. The van der Waals surface area contributed by atoms with E-state index >= 15 is 0 Å². The number of carboxylic acids is 1. The number of carbonyl (C=O) groups excluding carboxylic acids is 1. The van der Waals surface area contributed by atoms with E-state index in [1.54, 1.807) is 7.05 Å². The van der Waals surface area contributed by atoms with E-state index in [1.807, 2.05) is 22.6 Å². The van der Waals surface area contributed by atoms with Crippen LogP contribution in [0.1, 0.15) is 19.3 Å². The summed E-state index contributed by atoms with van der Waals surface area (Å²) >= 11 is 2.00. The molecule has 0 saturated carbocycles. The Morgan fingerprint density at radius 2 is 2.07 bits per heavy atom. The smallest absolute Gasteiger partial charge is 0.320 e. The van der Waals surface area contributed by atoms with Crippen LogP contribution in [0.15, 0.2) is 0 Å². The summed E-state index contributed by atoms with van der Waals surface area (Å²) in [6.07, 6.45) is 2.19. The number of aliphatic carboxylic acids is 1. The van der Waals surface area contributed by atoms with E-state index in [-0.39, 0.29) is 5.91 Å². The lowest BCUT2D eigenvalue weighted by Gasteiger charge is -2.10. The van der Waals surface area contributed by atoms with Crippen LogP contribution in [0.3, 0.4) is 0 Å². The summed E-state index contributed by atoms with van der Waals surface area (Å²) in [5, 5.41) is 14.2. The molecule has 0 aromatic heterocycles. The van der Waals surface area contributed by atoms with Gasteiger partial charge in [0, 0.05) is 6.54 Å². The molecule has 3 N–H and O–H groups in total. The number of hydrogen-bond donors (Lipinski definition) is 3. The standard InChI is InChI=1S/C9H17IN2O3/c1-11-7(9(14)15)4-2-3-5-12-8(13)6-10/h7,11H,2-6H2,1H3,(H,12,13)(H,14,15). The average Bonchev–Trinajstić information content (AvgIpc) is 2.22. The third kappa shape index (κ3) is 7.55. The number of likely N-dealkylation sites (N-methyl/N-ethyl adjacent to an activating group) is 1. The maximum atomic E-state index is 10.8. The molecule has 0 aromatic carbocycles. The second-order valence-corrected chi connectivity index (χ2v) is 3.92. The lowest BCUT2D eigenvalue weighted by atomic mass is 10.1. The van der Waals surface area contributed by atoms with Crippen LogP contribution in [0.5, 0.6) is 0 Å². The number of amides is 1. The summed E-state index contributed by atoms with van der Waals surface area (Å²) in [6, 6.07) is -0.481. The largest absolute Gasteiger partial charge is 0.480 e. The number of halogens is 1. The molecule has 88 valence electrons. The van der Waals surface area contributed by atoms with Gasteiger partial charge in [0.2, 0.25) is 5.91 Å². The van der Waals surface area contributed by atoms with Gasteiger partial charge in [0.25, 0.3) is 0 Å². The molecule has 5 nitrogen and oxygen atoms in total. The van der Waals surface area contributed by atoms with Crippen LogP contribution in [-0.2, 0) is 9.59 Å². The van der Waals surface area contributed by atoms with Crippen molar-refractivity contribution in [3.63, 3.8) is 0 Å². The van der Waals surface area contributed by atoms with Gasteiger partial charge in [0.1, 0.15) is 6.04 Å². The summed E-state index contributed by atoms with van der Waals surface area (Å²) in [5.74, 6) is -0.798.